The van der Waals surface area contributed by atoms with Gasteiger partial charge in [-0.15, -0.1) is 0 Å². The zero-order valence-electron chi connectivity index (χ0n) is 13.3. The molecule has 1 aromatic rings. The second kappa shape index (κ2) is 8.79. The van der Waals surface area contributed by atoms with E-state index in [1.807, 2.05) is 16.8 Å². The summed E-state index contributed by atoms with van der Waals surface area (Å²) in [7, 11) is 1.94. The highest BCUT2D eigenvalue weighted by Gasteiger charge is 2.16. The van der Waals surface area contributed by atoms with Gasteiger partial charge in [-0.3, -0.25) is 4.79 Å². The fraction of sp³-hybridized carbons (Fsp3) is 0.562. The summed E-state index contributed by atoms with van der Waals surface area (Å²) >= 11 is 0. The molecule has 2 rings (SSSR count). The van der Waals surface area contributed by atoms with Gasteiger partial charge in [0, 0.05) is 45.7 Å². The zero-order chi connectivity index (χ0) is 16.7. The van der Waals surface area contributed by atoms with E-state index in [0.717, 1.165) is 31.7 Å². The standard InChI is InChI=1S/C16H23F2N3O2/c1-20(9-6-15(22)21-10-7-19-8-11-21)12-13-2-4-14(5-3-13)23-16(17)18/h2-5,16,19H,6-12H2,1H3. The van der Waals surface area contributed by atoms with E-state index in [9.17, 15) is 13.6 Å². The molecule has 1 aliphatic heterocycles. The van der Waals surface area contributed by atoms with Crippen LogP contribution in [0.25, 0.3) is 0 Å². The van der Waals surface area contributed by atoms with Crippen molar-refractivity contribution in [1.29, 1.82) is 0 Å². The molecule has 1 saturated heterocycles. The molecule has 0 aromatic heterocycles. The first-order chi connectivity index (χ1) is 11.0. The van der Waals surface area contributed by atoms with Crippen molar-refractivity contribution in [3.05, 3.63) is 29.8 Å². The van der Waals surface area contributed by atoms with Gasteiger partial charge in [0.15, 0.2) is 0 Å². The van der Waals surface area contributed by atoms with Crippen LogP contribution in [0.1, 0.15) is 12.0 Å². The minimum atomic E-state index is -2.81. The summed E-state index contributed by atoms with van der Waals surface area (Å²) in [5, 5.41) is 3.22. The monoisotopic (exact) mass is 327 g/mol. The van der Waals surface area contributed by atoms with Gasteiger partial charge in [-0.25, -0.2) is 0 Å². The summed E-state index contributed by atoms with van der Waals surface area (Å²) in [6.07, 6.45) is 0.489. The number of amides is 1. The molecule has 1 fully saturated rings. The zero-order valence-corrected chi connectivity index (χ0v) is 13.3. The molecule has 1 N–H and O–H groups in total. The molecule has 0 spiro atoms. The number of halogens is 2. The highest BCUT2D eigenvalue weighted by molar-refractivity contribution is 5.76. The molecule has 1 aromatic carbocycles. The number of nitrogens with zero attached hydrogens (tertiary/aromatic N) is 2. The third-order valence-electron chi connectivity index (χ3n) is 3.78. The Morgan fingerprint density at radius 3 is 2.57 bits per heavy atom. The highest BCUT2D eigenvalue weighted by atomic mass is 19.3. The number of rotatable bonds is 7. The van der Waals surface area contributed by atoms with Crippen LogP contribution in [0.5, 0.6) is 5.75 Å². The Balaban J connectivity index is 1.73. The molecule has 0 aliphatic carbocycles. The Kier molecular flexibility index (Phi) is 6.73. The van der Waals surface area contributed by atoms with Crippen molar-refractivity contribution in [1.82, 2.24) is 15.1 Å². The van der Waals surface area contributed by atoms with Gasteiger partial charge < -0.3 is 19.9 Å². The maximum atomic E-state index is 12.1. The molecule has 0 atom stereocenters. The number of carbonyl (C=O) groups excluding carboxylic acids is 1. The Morgan fingerprint density at radius 2 is 1.96 bits per heavy atom. The average molecular weight is 327 g/mol. The van der Waals surface area contributed by atoms with Gasteiger partial charge in [0.05, 0.1) is 0 Å². The fourth-order valence-electron chi connectivity index (χ4n) is 2.53. The van der Waals surface area contributed by atoms with E-state index in [0.29, 0.717) is 19.5 Å². The van der Waals surface area contributed by atoms with Gasteiger partial charge in [0.2, 0.25) is 5.91 Å². The van der Waals surface area contributed by atoms with Gasteiger partial charge in [-0.2, -0.15) is 8.78 Å². The molecule has 0 unspecified atom stereocenters. The summed E-state index contributed by atoms with van der Waals surface area (Å²) in [5.41, 5.74) is 0.990. The summed E-state index contributed by atoms with van der Waals surface area (Å²) < 4.78 is 28.5. The van der Waals surface area contributed by atoms with Crippen molar-refractivity contribution >= 4 is 5.91 Å². The second-order valence-corrected chi connectivity index (χ2v) is 5.64. The molecular formula is C16H23F2N3O2. The number of benzene rings is 1. The number of piperazine rings is 1. The predicted molar refractivity (Wildman–Crippen MR) is 83.5 cm³/mol. The maximum Gasteiger partial charge on any atom is 0.387 e. The number of ether oxygens (including phenoxy) is 1. The van der Waals surface area contributed by atoms with Gasteiger partial charge in [-0.1, -0.05) is 12.1 Å². The largest absolute Gasteiger partial charge is 0.435 e. The Morgan fingerprint density at radius 1 is 1.30 bits per heavy atom. The molecule has 1 heterocycles. The lowest BCUT2D eigenvalue weighted by Crippen LogP contribution is -2.47. The molecule has 5 nitrogen and oxygen atoms in total. The first-order valence-electron chi connectivity index (χ1n) is 7.75. The van der Waals surface area contributed by atoms with E-state index < -0.39 is 6.61 Å². The van der Waals surface area contributed by atoms with Crippen molar-refractivity contribution in [3.8, 4) is 5.75 Å². The van der Waals surface area contributed by atoms with Crippen molar-refractivity contribution in [2.75, 3.05) is 39.8 Å². The first kappa shape index (κ1) is 17.6. The minimum Gasteiger partial charge on any atom is -0.435 e. The van der Waals surface area contributed by atoms with Crippen LogP contribution in [0.4, 0.5) is 8.78 Å². The molecular weight excluding hydrogens is 304 g/mol. The average Bonchev–Trinajstić information content (AvgIpc) is 2.55. The van der Waals surface area contributed by atoms with Crippen LogP contribution in [-0.2, 0) is 11.3 Å². The minimum absolute atomic E-state index is 0.153. The van der Waals surface area contributed by atoms with E-state index in [4.69, 9.17) is 0 Å². The van der Waals surface area contributed by atoms with E-state index in [1.54, 1.807) is 12.1 Å². The fourth-order valence-corrected chi connectivity index (χ4v) is 2.53. The number of nitrogens with one attached hydrogen (secondary N) is 1. The Labute approximate surface area is 135 Å². The third kappa shape index (κ3) is 6.11. The summed E-state index contributed by atoms with van der Waals surface area (Å²) in [4.78, 5) is 16.0. The van der Waals surface area contributed by atoms with Crippen LogP contribution >= 0.6 is 0 Å². The number of alkyl halides is 2. The second-order valence-electron chi connectivity index (χ2n) is 5.64. The predicted octanol–water partition coefficient (Wildman–Crippen LogP) is 1.54. The first-order valence-corrected chi connectivity index (χ1v) is 7.75. The molecule has 0 radical (unpaired) electrons. The van der Waals surface area contributed by atoms with E-state index in [-0.39, 0.29) is 11.7 Å². The van der Waals surface area contributed by atoms with Gasteiger partial charge >= 0.3 is 6.61 Å². The molecule has 1 aliphatic rings. The van der Waals surface area contributed by atoms with Gasteiger partial charge in [0.25, 0.3) is 0 Å². The Hall–Kier alpha value is -1.73. The van der Waals surface area contributed by atoms with Crippen LogP contribution in [0, 0.1) is 0 Å². The summed E-state index contributed by atoms with van der Waals surface area (Å²) in [5.74, 6) is 0.333. The number of carbonyl (C=O) groups is 1. The van der Waals surface area contributed by atoms with Crippen LogP contribution in [-0.4, -0.2) is 62.1 Å². The van der Waals surface area contributed by atoms with Gasteiger partial charge in [0.1, 0.15) is 5.75 Å². The molecule has 128 valence electrons. The van der Waals surface area contributed by atoms with Crippen molar-refractivity contribution in [2.45, 2.75) is 19.6 Å². The maximum absolute atomic E-state index is 12.1. The van der Waals surface area contributed by atoms with Crippen LogP contribution in [0.2, 0.25) is 0 Å². The van der Waals surface area contributed by atoms with E-state index >= 15 is 0 Å². The quantitative estimate of drug-likeness (QED) is 0.825. The Bertz CT molecular complexity index is 491. The molecule has 1 amide bonds. The highest BCUT2D eigenvalue weighted by Crippen LogP contribution is 2.15. The van der Waals surface area contributed by atoms with Crippen molar-refractivity contribution < 1.29 is 18.3 Å². The summed E-state index contributed by atoms with van der Waals surface area (Å²) in [6, 6.07) is 6.57. The van der Waals surface area contributed by atoms with Crippen LogP contribution in [0.15, 0.2) is 24.3 Å². The lowest BCUT2D eigenvalue weighted by molar-refractivity contribution is -0.132. The topological polar surface area (TPSA) is 44.8 Å². The molecule has 23 heavy (non-hydrogen) atoms. The SMILES string of the molecule is CN(CCC(=O)N1CCNCC1)Cc1ccc(OC(F)F)cc1. The number of hydrogen-bond donors (Lipinski definition) is 1. The lowest BCUT2D eigenvalue weighted by Gasteiger charge is -2.28. The third-order valence-corrected chi connectivity index (χ3v) is 3.78. The van der Waals surface area contributed by atoms with Gasteiger partial charge in [-0.05, 0) is 24.7 Å². The van der Waals surface area contributed by atoms with Crippen LogP contribution < -0.4 is 10.1 Å². The smallest absolute Gasteiger partial charge is 0.387 e. The molecule has 7 heteroatoms. The van der Waals surface area contributed by atoms with Crippen molar-refractivity contribution in [3.63, 3.8) is 0 Å². The molecule has 0 saturated carbocycles. The molecule has 0 bridgehead atoms. The van der Waals surface area contributed by atoms with Crippen LogP contribution in [0.3, 0.4) is 0 Å². The van der Waals surface area contributed by atoms with E-state index in [2.05, 4.69) is 10.1 Å². The summed E-state index contributed by atoms with van der Waals surface area (Å²) in [6.45, 7) is 1.77. The normalized spacial score (nSPS) is 15.3. The van der Waals surface area contributed by atoms with E-state index in [1.165, 1.54) is 12.1 Å². The van der Waals surface area contributed by atoms with Crippen molar-refractivity contribution in [2.24, 2.45) is 0 Å². The lowest BCUT2D eigenvalue weighted by atomic mass is 10.2. The number of hydrogen-bond acceptors (Lipinski definition) is 4.